The minimum Gasteiger partial charge on any atom is -0.197 e. The zero-order valence-electron chi connectivity index (χ0n) is 9.51. The van der Waals surface area contributed by atoms with Crippen LogP contribution in [0, 0.1) is 11.3 Å². The van der Waals surface area contributed by atoms with Gasteiger partial charge >= 0.3 is 0 Å². The van der Waals surface area contributed by atoms with Gasteiger partial charge in [0.2, 0.25) is 0 Å². The van der Waals surface area contributed by atoms with Gasteiger partial charge in [-0.25, -0.2) is 0 Å². The lowest BCUT2D eigenvalue weighted by molar-refractivity contribution is 0.525. The number of hydrogen-bond acceptors (Lipinski definition) is 1. The highest BCUT2D eigenvalue weighted by Crippen LogP contribution is 2.41. The fourth-order valence-corrected chi connectivity index (χ4v) is 2.55. The summed E-state index contributed by atoms with van der Waals surface area (Å²) in [5, 5.41) is 9.38. The number of aryl methyl sites for hydroxylation is 2. The van der Waals surface area contributed by atoms with Gasteiger partial charge in [0.15, 0.2) is 0 Å². The van der Waals surface area contributed by atoms with Gasteiger partial charge in [0.05, 0.1) is 11.5 Å². The molecule has 2 rings (SSSR count). The van der Waals surface area contributed by atoms with Crippen LogP contribution in [0.5, 0.6) is 0 Å². The smallest absolute Gasteiger partial charge is 0.0825 e. The number of hydrogen-bond donors (Lipinski definition) is 0. The number of fused-ring (bicyclic) bond motifs is 1. The average molecular weight is 199 g/mol. The molecule has 15 heavy (non-hydrogen) atoms. The Balaban J connectivity index is 2.53. The van der Waals surface area contributed by atoms with Gasteiger partial charge in [-0.3, -0.25) is 0 Å². The van der Waals surface area contributed by atoms with Crippen molar-refractivity contribution in [1.29, 1.82) is 5.26 Å². The molecule has 1 aromatic rings. The Labute approximate surface area is 91.7 Å². The Morgan fingerprint density at radius 2 is 2.20 bits per heavy atom. The summed E-state index contributed by atoms with van der Waals surface area (Å²) >= 11 is 0. The lowest BCUT2D eigenvalue weighted by atomic mass is 9.80. The second-order valence-electron chi connectivity index (χ2n) is 4.39. The van der Waals surface area contributed by atoms with Crippen molar-refractivity contribution in [2.24, 2.45) is 0 Å². The average Bonchev–Trinajstić information content (AvgIpc) is 2.67. The van der Waals surface area contributed by atoms with Gasteiger partial charge in [0.25, 0.3) is 0 Å². The van der Waals surface area contributed by atoms with Crippen molar-refractivity contribution < 1.29 is 0 Å². The van der Waals surface area contributed by atoms with E-state index in [0.717, 1.165) is 25.7 Å². The molecule has 0 radical (unpaired) electrons. The van der Waals surface area contributed by atoms with Crippen molar-refractivity contribution in [1.82, 2.24) is 0 Å². The maximum atomic E-state index is 9.38. The van der Waals surface area contributed by atoms with Gasteiger partial charge in [-0.15, -0.1) is 0 Å². The zero-order valence-corrected chi connectivity index (χ0v) is 9.51. The highest BCUT2D eigenvalue weighted by Gasteiger charge is 2.37. The molecule has 0 saturated heterocycles. The van der Waals surface area contributed by atoms with E-state index in [1.165, 1.54) is 16.7 Å². The van der Waals surface area contributed by atoms with Gasteiger partial charge in [-0.1, -0.05) is 32.0 Å². The zero-order chi connectivity index (χ0) is 10.9. The van der Waals surface area contributed by atoms with Crippen molar-refractivity contribution in [2.75, 3.05) is 0 Å². The van der Waals surface area contributed by atoms with E-state index in [1.54, 1.807) is 0 Å². The van der Waals surface area contributed by atoms with Crippen molar-refractivity contribution in [3.05, 3.63) is 34.9 Å². The topological polar surface area (TPSA) is 23.8 Å². The molecule has 1 unspecified atom stereocenters. The molecule has 78 valence electrons. The van der Waals surface area contributed by atoms with Crippen LogP contribution in [0.15, 0.2) is 18.2 Å². The van der Waals surface area contributed by atoms with Crippen molar-refractivity contribution >= 4 is 0 Å². The molecule has 0 aliphatic heterocycles. The molecule has 0 spiro atoms. The standard InChI is InChI=1S/C14H17N/c1-3-11-5-6-12-7-8-14(4-2,10-15)13(12)9-11/h5-6,9H,3-4,7-8H2,1-2H3. The maximum absolute atomic E-state index is 9.38. The van der Waals surface area contributed by atoms with E-state index >= 15 is 0 Å². The van der Waals surface area contributed by atoms with E-state index < -0.39 is 0 Å². The summed E-state index contributed by atoms with van der Waals surface area (Å²) in [5.41, 5.74) is 3.84. The molecule has 1 atom stereocenters. The quantitative estimate of drug-likeness (QED) is 0.716. The van der Waals surface area contributed by atoms with Crippen LogP contribution in [0.4, 0.5) is 0 Å². The summed E-state index contributed by atoms with van der Waals surface area (Å²) < 4.78 is 0. The molecule has 0 aromatic heterocycles. The van der Waals surface area contributed by atoms with Crippen LogP contribution >= 0.6 is 0 Å². The predicted octanol–water partition coefficient (Wildman–Crippen LogP) is 3.37. The van der Waals surface area contributed by atoms with E-state index in [1.807, 2.05) is 0 Å². The SMILES string of the molecule is CCc1ccc2c(c1)C(C#N)(CC)CC2. The first kappa shape index (κ1) is 10.2. The van der Waals surface area contributed by atoms with Crippen LogP contribution in [-0.2, 0) is 18.3 Å². The number of nitriles is 1. The normalized spacial score (nSPS) is 23.5. The van der Waals surface area contributed by atoms with Crippen molar-refractivity contribution in [3.63, 3.8) is 0 Å². The minimum atomic E-state index is -0.194. The van der Waals surface area contributed by atoms with Crippen LogP contribution in [0.1, 0.15) is 43.4 Å². The molecule has 1 aliphatic rings. The highest BCUT2D eigenvalue weighted by atomic mass is 14.4. The van der Waals surface area contributed by atoms with Gasteiger partial charge < -0.3 is 0 Å². The van der Waals surface area contributed by atoms with E-state index in [4.69, 9.17) is 0 Å². The monoisotopic (exact) mass is 199 g/mol. The summed E-state index contributed by atoms with van der Waals surface area (Å²) in [7, 11) is 0. The second-order valence-corrected chi connectivity index (χ2v) is 4.39. The Kier molecular flexibility index (Phi) is 2.52. The molecule has 0 bridgehead atoms. The van der Waals surface area contributed by atoms with E-state index in [2.05, 4.69) is 38.1 Å². The lowest BCUT2D eigenvalue weighted by Crippen LogP contribution is -2.19. The van der Waals surface area contributed by atoms with Crippen LogP contribution < -0.4 is 0 Å². The molecule has 0 heterocycles. The summed E-state index contributed by atoms with van der Waals surface area (Å²) in [6.45, 7) is 4.29. The van der Waals surface area contributed by atoms with Crippen molar-refractivity contribution in [2.45, 2.75) is 44.9 Å². The van der Waals surface area contributed by atoms with Crippen molar-refractivity contribution in [3.8, 4) is 6.07 Å². The Hall–Kier alpha value is -1.29. The van der Waals surface area contributed by atoms with E-state index in [9.17, 15) is 5.26 Å². The third kappa shape index (κ3) is 1.45. The molecular formula is C14H17N. The number of rotatable bonds is 2. The number of nitrogens with zero attached hydrogens (tertiary/aromatic N) is 1. The first-order valence-corrected chi connectivity index (χ1v) is 5.79. The summed E-state index contributed by atoms with van der Waals surface area (Å²) in [6, 6.07) is 9.19. The third-order valence-corrected chi connectivity index (χ3v) is 3.74. The molecule has 0 saturated carbocycles. The number of benzene rings is 1. The Bertz CT molecular complexity index is 414. The highest BCUT2D eigenvalue weighted by molar-refractivity contribution is 5.46. The van der Waals surface area contributed by atoms with Crippen LogP contribution in [0.2, 0.25) is 0 Å². The van der Waals surface area contributed by atoms with Gasteiger partial charge in [-0.2, -0.15) is 5.26 Å². The first-order valence-electron chi connectivity index (χ1n) is 5.79. The Morgan fingerprint density at radius 1 is 1.40 bits per heavy atom. The first-order chi connectivity index (χ1) is 7.25. The van der Waals surface area contributed by atoms with Gasteiger partial charge in [0, 0.05) is 0 Å². The lowest BCUT2D eigenvalue weighted by Gasteiger charge is -2.20. The molecule has 1 aromatic carbocycles. The molecule has 1 nitrogen and oxygen atoms in total. The van der Waals surface area contributed by atoms with Crippen LogP contribution in [-0.4, -0.2) is 0 Å². The van der Waals surface area contributed by atoms with Crippen LogP contribution in [0.25, 0.3) is 0 Å². The second kappa shape index (κ2) is 3.70. The summed E-state index contributed by atoms with van der Waals surface area (Å²) in [5.74, 6) is 0. The van der Waals surface area contributed by atoms with Crippen LogP contribution in [0.3, 0.4) is 0 Å². The van der Waals surface area contributed by atoms with Gasteiger partial charge in [0.1, 0.15) is 0 Å². The summed E-state index contributed by atoms with van der Waals surface area (Å²) in [6.07, 6.45) is 4.06. The molecule has 0 fully saturated rings. The van der Waals surface area contributed by atoms with Gasteiger partial charge in [-0.05, 0) is 42.4 Å². The van der Waals surface area contributed by atoms with E-state index in [0.29, 0.717) is 0 Å². The van der Waals surface area contributed by atoms with E-state index in [-0.39, 0.29) is 5.41 Å². The third-order valence-electron chi connectivity index (χ3n) is 3.74. The Morgan fingerprint density at radius 3 is 2.80 bits per heavy atom. The largest absolute Gasteiger partial charge is 0.197 e. The minimum absolute atomic E-state index is 0.194. The molecule has 1 aliphatic carbocycles. The maximum Gasteiger partial charge on any atom is 0.0825 e. The molecule has 1 heteroatoms. The molecule has 0 N–H and O–H groups in total. The molecule has 0 amide bonds. The fourth-order valence-electron chi connectivity index (χ4n) is 2.55. The molecular weight excluding hydrogens is 182 g/mol. The fraction of sp³-hybridized carbons (Fsp3) is 0.500. The predicted molar refractivity (Wildman–Crippen MR) is 61.7 cm³/mol. The summed E-state index contributed by atoms with van der Waals surface area (Å²) in [4.78, 5) is 0.